The molecule has 0 spiro atoms. The van der Waals surface area contributed by atoms with Crippen molar-refractivity contribution in [1.82, 2.24) is 9.55 Å². The number of nitrogens with zero attached hydrogens (tertiary/aromatic N) is 1. The number of aromatic amines is 1. The molecule has 2 aromatic heterocycles. The third-order valence-corrected chi connectivity index (χ3v) is 3.71. The maximum absolute atomic E-state index is 13.2. The van der Waals surface area contributed by atoms with Crippen molar-refractivity contribution in [3.63, 3.8) is 0 Å². The number of rotatable bonds is 2. The number of nitrogens with one attached hydrogen (secondary N) is 1. The highest BCUT2D eigenvalue weighted by atomic mass is 32.1. The van der Waals surface area contributed by atoms with Crippen molar-refractivity contribution in [3.05, 3.63) is 51.2 Å². The Bertz CT molecular complexity index is 710. The van der Waals surface area contributed by atoms with Gasteiger partial charge in [-0.05, 0) is 52.8 Å². The van der Waals surface area contributed by atoms with Crippen LogP contribution < -0.4 is 0 Å². The van der Waals surface area contributed by atoms with Gasteiger partial charge in [0.1, 0.15) is 5.82 Å². The standard InChI is InChI=1S/C12H9FN2S2/c13-9-1-2-10-11(5-9)15(12(16)14-10)6-8-3-4-17-7-8/h1-5,7H,6H2,(H,14,16). The third kappa shape index (κ3) is 1.92. The Morgan fingerprint density at radius 3 is 3.00 bits per heavy atom. The molecular weight excluding hydrogens is 255 g/mol. The number of H-pyrrole nitrogens is 1. The van der Waals surface area contributed by atoms with Crippen molar-refractivity contribution in [2.75, 3.05) is 0 Å². The van der Waals surface area contributed by atoms with Gasteiger partial charge in [-0.3, -0.25) is 0 Å². The van der Waals surface area contributed by atoms with Crippen molar-refractivity contribution < 1.29 is 4.39 Å². The van der Waals surface area contributed by atoms with E-state index in [0.717, 1.165) is 11.0 Å². The highest BCUT2D eigenvalue weighted by molar-refractivity contribution is 7.71. The van der Waals surface area contributed by atoms with Crippen molar-refractivity contribution in [2.24, 2.45) is 0 Å². The molecule has 86 valence electrons. The van der Waals surface area contributed by atoms with Crippen LogP contribution >= 0.6 is 23.6 Å². The SMILES string of the molecule is Fc1ccc2[nH]c(=S)n(Cc3ccsc3)c2c1. The molecule has 17 heavy (non-hydrogen) atoms. The minimum absolute atomic E-state index is 0.245. The summed E-state index contributed by atoms with van der Waals surface area (Å²) >= 11 is 6.90. The molecule has 0 aliphatic carbocycles. The molecule has 3 rings (SSSR count). The minimum Gasteiger partial charge on any atom is -0.331 e. The second kappa shape index (κ2) is 4.09. The molecule has 0 aliphatic heterocycles. The average Bonchev–Trinajstić information content (AvgIpc) is 2.90. The lowest BCUT2D eigenvalue weighted by Gasteiger charge is -2.02. The molecule has 0 saturated heterocycles. The van der Waals surface area contributed by atoms with Gasteiger partial charge in [0.25, 0.3) is 0 Å². The summed E-state index contributed by atoms with van der Waals surface area (Å²) in [5.41, 5.74) is 2.85. The summed E-state index contributed by atoms with van der Waals surface area (Å²) in [5.74, 6) is -0.245. The number of hydrogen-bond acceptors (Lipinski definition) is 2. The number of fused-ring (bicyclic) bond motifs is 1. The lowest BCUT2D eigenvalue weighted by Crippen LogP contribution is -1.98. The van der Waals surface area contributed by atoms with Crippen LogP contribution in [0.15, 0.2) is 35.0 Å². The average molecular weight is 264 g/mol. The molecule has 0 amide bonds. The predicted molar refractivity (Wildman–Crippen MR) is 70.5 cm³/mol. The summed E-state index contributed by atoms with van der Waals surface area (Å²) in [4.78, 5) is 3.08. The molecule has 1 N–H and O–H groups in total. The van der Waals surface area contributed by atoms with Gasteiger partial charge in [0.15, 0.2) is 4.77 Å². The zero-order valence-electron chi connectivity index (χ0n) is 8.81. The molecule has 0 aliphatic rings. The van der Waals surface area contributed by atoms with Gasteiger partial charge < -0.3 is 9.55 Å². The van der Waals surface area contributed by atoms with E-state index >= 15 is 0 Å². The van der Waals surface area contributed by atoms with Crippen molar-refractivity contribution in [2.45, 2.75) is 6.54 Å². The highest BCUT2D eigenvalue weighted by Gasteiger charge is 2.06. The molecule has 3 aromatic rings. The molecule has 1 aromatic carbocycles. The van der Waals surface area contributed by atoms with Gasteiger partial charge >= 0.3 is 0 Å². The van der Waals surface area contributed by atoms with Crippen molar-refractivity contribution >= 4 is 34.6 Å². The number of halogens is 1. The Hall–Kier alpha value is -1.46. The first-order chi connectivity index (χ1) is 8.24. The molecule has 2 nitrogen and oxygen atoms in total. The maximum Gasteiger partial charge on any atom is 0.178 e. The lowest BCUT2D eigenvalue weighted by molar-refractivity contribution is 0.628. The zero-order valence-corrected chi connectivity index (χ0v) is 10.4. The van der Waals surface area contributed by atoms with Crippen LogP contribution in [0, 0.1) is 10.6 Å². The predicted octanol–water partition coefficient (Wildman–Crippen LogP) is 3.95. The van der Waals surface area contributed by atoms with Crippen molar-refractivity contribution in [1.29, 1.82) is 0 Å². The number of hydrogen-bond donors (Lipinski definition) is 1. The Morgan fingerprint density at radius 2 is 2.24 bits per heavy atom. The second-order valence-corrected chi connectivity index (χ2v) is 4.98. The number of benzene rings is 1. The van der Waals surface area contributed by atoms with Crippen LogP contribution in [0.2, 0.25) is 0 Å². The fourth-order valence-electron chi connectivity index (χ4n) is 1.85. The summed E-state index contributed by atoms with van der Waals surface area (Å²) in [6.07, 6.45) is 0. The molecule has 2 heterocycles. The molecular formula is C12H9FN2S2. The molecule has 0 fully saturated rings. The van der Waals surface area contributed by atoms with Crippen LogP contribution in [0.4, 0.5) is 4.39 Å². The topological polar surface area (TPSA) is 20.7 Å². The highest BCUT2D eigenvalue weighted by Crippen LogP contribution is 2.18. The minimum atomic E-state index is -0.245. The van der Waals surface area contributed by atoms with Gasteiger partial charge in [-0.2, -0.15) is 11.3 Å². The Morgan fingerprint density at radius 1 is 1.35 bits per heavy atom. The summed E-state index contributed by atoms with van der Waals surface area (Å²) in [7, 11) is 0. The largest absolute Gasteiger partial charge is 0.331 e. The van der Waals surface area contributed by atoms with Gasteiger partial charge in [-0.15, -0.1) is 0 Å². The van der Waals surface area contributed by atoms with E-state index < -0.39 is 0 Å². The Labute approximate surface area is 106 Å². The van der Waals surface area contributed by atoms with Crippen LogP contribution in [0.3, 0.4) is 0 Å². The van der Waals surface area contributed by atoms with Crippen LogP contribution in [0.1, 0.15) is 5.56 Å². The van der Waals surface area contributed by atoms with E-state index in [1.165, 1.54) is 17.7 Å². The van der Waals surface area contributed by atoms with Gasteiger partial charge in [-0.1, -0.05) is 0 Å². The maximum atomic E-state index is 13.2. The van der Waals surface area contributed by atoms with E-state index in [1.54, 1.807) is 17.4 Å². The summed E-state index contributed by atoms with van der Waals surface area (Å²) in [6, 6.07) is 6.70. The lowest BCUT2D eigenvalue weighted by atomic mass is 10.3. The first-order valence-electron chi connectivity index (χ1n) is 5.13. The zero-order chi connectivity index (χ0) is 11.8. The van der Waals surface area contributed by atoms with Gasteiger partial charge in [0.2, 0.25) is 0 Å². The van der Waals surface area contributed by atoms with Gasteiger partial charge in [0, 0.05) is 0 Å². The van der Waals surface area contributed by atoms with Gasteiger partial charge in [0.05, 0.1) is 17.6 Å². The van der Waals surface area contributed by atoms with Gasteiger partial charge in [-0.25, -0.2) is 4.39 Å². The third-order valence-electron chi connectivity index (χ3n) is 2.66. The molecule has 0 atom stereocenters. The Kier molecular flexibility index (Phi) is 2.57. The molecule has 0 unspecified atom stereocenters. The number of aromatic nitrogens is 2. The monoisotopic (exact) mass is 264 g/mol. The first-order valence-corrected chi connectivity index (χ1v) is 6.48. The van der Waals surface area contributed by atoms with E-state index in [0.29, 0.717) is 11.3 Å². The normalized spacial score (nSPS) is 11.1. The Balaban J connectivity index is 2.17. The quantitative estimate of drug-likeness (QED) is 0.695. The van der Waals surface area contributed by atoms with E-state index in [4.69, 9.17) is 12.2 Å². The molecule has 0 saturated carbocycles. The van der Waals surface area contributed by atoms with Crippen LogP contribution in [0.25, 0.3) is 11.0 Å². The van der Waals surface area contributed by atoms with Crippen molar-refractivity contribution in [3.8, 4) is 0 Å². The summed E-state index contributed by atoms with van der Waals surface area (Å²) < 4.78 is 15.8. The van der Waals surface area contributed by atoms with E-state index in [2.05, 4.69) is 10.4 Å². The summed E-state index contributed by atoms with van der Waals surface area (Å²) in [6.45, 7) is 0.672. The molecule has 0 radical (unpaired) electrons. The molecule has 0 bridgehead atoms. The number of thiophene rings is 1. The fourth-order valence-corrected chi connectivity index (χ4v) is 2.78. The first kappa shape index (κ1) is 10.7. The summed E-state index contributed by atoms with van der Waals surface area (Å²) in [5, 5.41) is 4.09. The molecule has 5 heteroatoms. The number of imidazole rings is 1. The van der Waals surface area contributed by atoms with E-state index in [-0.39, 0.29) is 5.82 Å². The smallest absolute Gasteiger partial charge is 0.178 e. The van der Waals surface area contributed by atoms with E-state index in [1.807, 2.05) is 16.0 Å². The van der Waals surface area contributed by atoms with Crippen LogP contribution in [-0.2, 0) is 6.54 Å². The van der Waals surface area contributed by atoms with Crippen LogP contribution in [-0.4, -0.2) is 9.55 Å². The fraction of sp³-hybridized carbons (Fsp3) is 0.0833. The second-order valence-electron chi connectivity index (χ2n) is 3.81. The van der Waals surface area contributed by atoms with Crippen LogP contribution in [0.5, 0.6) is 0 Å². The van der Waals surface area contributed by atoms with E-state index in [9.17, 15) is 4.39 Å².